The Morgan fingerprint density at radius 2 is 2.00 bits per heavy atom. The van der Waals surface area contributed by atoms with Crippen molar-refractivity contribution < 1.29 is 9.13 Å². The summed E-state index contributed by atoms with van der Waals surface area (Å²) in [5.74, 6) is 0.397. The van der Waals surface area contributed by atoms with E-state index in [-0.39, 0.29) is 4.38 Å². The minimum Gasteiger partial charge on any atom is -0.478 e. The largest absolute Gasteiger partial charge is 0.478 e. The highest BCUT2D eigenvalue weighted by atomic mass is 32.2. The van der Waals surface area contributed by atoms with E-state index < -0.39 is 5.50 Å². The quantitative estimate of drug-likeness (QED) is 0.743. The summed E-state index contributed by atoms with van der Waals surface area (Å²) in [6, 6.07) is 8.95. The van der Waals surface area contributed by atoms with Crippen LogP contribution in [0, 0.1) is 5.92 Å². The Hall–Kier alpha value is -0.610. The van der Waals surface area contributed by atoms with Crippen LogP contribution >= 0.6 is 24.0 Å². The van der Waals surface area contributed by atoms with Crippen LogP contribution in [0.1, 0.15) is 24.9 Å². The number of benzene rings is 1. The van der Waals surface area contributed by atoms with Gasteiger partial charge >= 0.3 is 0 Å². The van der Waals surface area contributed by atoms with Gasteiger partial charge in [-0.15, -0.1) is 0 Å². The van der Waals surface area contributed by atoms with E-state index >= 15 is 0 Å². The van der Waals surface area contributed by atoms with Crippen LogP contribution < -0.4 is 0 Å². The van der Waals surface area contributed by atoms with E-state index in [0.29, 0.717) is 18.1 Å². The summed E-state index contributed by atoms with van der Waals surface area (Å²) in [6.45, 7) is 4.59. The molecule has 0 radical (unpaired) electrons. The highest BCUT2D eigenvalue weighted by Crippen LogP contribution is 2.31. The normalized spacial score (nSPS) is 12.5. The summed E-state index contributed by atoms with van der Waals surface area (Å²) in [7, 11) is 0. The van der Waals surface area contributed by atoms with Crippen LogP contribution in [0.3, 0.4) is 0 Å². The van der Waals surface area contributed by atoms with Gasteiger partial charge in [-0.25, -0.2) is 4.39 Å². The molecule has 16 heavy (non-hydrogen) atoms. The first-order chi connectivity index (χ1) is 7.59. The standard InChI is InChI=1S/C12H15FOS2/c1-9(2)8-14-12(15)16-11(13)10-6-4-3-5-7-10/h3-7,9,11H,8H2,1-2H3. The monoisotopic (exact) mass is 258 g/mol. The zero-order valence-corrected chi connectivity index (χ0v) is 11.0. The van der Waals surface area contributed by atoms with Gasteiger partial charge in [0.25, 0.3) is 0 Å². The van der Waals surface area contributed by atoms with Gasteiger partial charge in [-0.05, 0) is 35.5 Å². The van der Waals surface area contributed by atoms with Gasteiger partial charge in [0, 0.05) is 0 Å². The number of thioether (sulfide) groups is 1. The number of rotatable bonds is 4. The fourth-order valence-electron chi connectivity index (χ4n) is 1.03. The fourth-order valence-corrected chi connectivity index (χ4v) is 1.95. The van der Waals surface area contributed by atoms with Crippen LogP contribution in [0.4, 0.5) is 4.39 Å². The predicted octanol–water partition coefficient (Wildman–Crippen LogP) is 4.35. The lowest BCUT2D eigenvalue weighted by Crippen LogP contribution is -2.06. The summed E-state index contributed by atoms with van der Waals surface area (Å²) in [6.07, 6.45) is 0. The van der Waals surface area contributed by atoms with Crippen LogP contribution in [0.5, 0.6) is 0 Å². The number of halogens is 1. The average Bonchev–Trinajstić information content (AvgIpc) is 2.27. The van der Waals surface area contributed by atoms with Crippen LogP contribution in [-0.4, -0.2) is 11.0 Å². The van der Waals surface area contributed by atoms with E-state index in [1.54, 1.807) is 24.3 Å². The molecule has 0 saturated heterocycles. The Bertz CT molecular complexity index is 327. The van der Waals surface area contributed by atoms with E-state index in [4.69, 9.17) is 17.0 Å². The second kappa shape index (κ2) is 6.86. The molecule has 4 heteroatoms. The lowest BCUT2D eigenvalue weighted by atomic mass is 10.2. The first-order valence-corrected chi connectivity index (χ1v) is 6.41. The topological polar surface area (TPSA) is 9.23 Å². The molecule has 0 N–H and O–H groups in total. The molecule has 0 fully saturated rings. The molecule has 1 unspecified atom stereocenters. The molecule has 1 nitrogen and oxygen atoms in total. The molecule has 1 aromatic rings. The number of alkyl halides is 1. The molecule has 0 bridgehead atoms. The smallest absolute Gasteiger partial charge is 0.223 e. The van der Waals surface area contributed by atoms with Gasteiger partial charge in [-0.3, -0.25) is 0 Å². The molecule has 88 valence electrons. The first kappa shape index (κ1) is 13.5. The van der Waals surface area contributed by atoms with Gasteiger partial charge in [0.1, 0.15) is 0 Å². The van der Waals surface area contributed by atoms with E-state index in [1.165, 1.54) is 0 Å². The second-order valence-corrected chi connectivity index (χ2v) is 5.45. The molecule has 1 rings (SSSR count). The molecule has 0 aliphatic heterocycles. The Kier molecular flexibility index (Phi) is 5.77. The zero-order valence-electron chi connectivity index (χ0n) is 9.35. The summed E-state index contributed by atoms with van der Waals surface area (Å²) in [5, 5.41) is 0. The molecule has 0 aromatic heterocycles. The van der Waals surface area contributed by atoms with Crippen molar-refractivity contribution in [3.05, 3.63) is 35.9 Å². The van der Waals surface area contributed by atoms with E-state index in [0.717, 1.165) is 11.8 Å². The maximum Gasteiger partial charge on any atom is 0.223 e. The van der Waals surface area contributed by atoms with E-state index in [1.807, 2.05) is 19.9 Å². The van der Waals surface area contributed by atoms with Crippen LogP contribution in [0.2, 0.25) is 0 Å². The van der Waals surface area contributed by atoms with Crippen molar-refractivity contribution in [3.63, 3.8) is 0 Å². The third-order valence-electron chi connectivity index (χ3n) is 1.80. The summed E-state index contributed by atoms with van der Waals surface area (Å²) in [5.41, 5.74) is -0.538. The molecule has 0 saturated carbocycles. The van der Waals surface area contributed by atoms with Crippen molar-refractivity contribution in [2.24, 2.45) is 5.92 Å². The minimum atomic E-state index is -1.15. The van der Waals surface area contributed by atoms with Gasteiger partial charge in [0.05, 0.1) is 6.61 Å². The summed E-state index contributed by atoms with van der Waals surface area (Å²) >= 11 is 5.89. The predicted molar refractivity (Wildman–Crippen MR) is 71.3 cm³/mol. The lowest BCUT2D eigenvalue weighted by Gasteiger charge is -2.11. The molecule has 0 aliphatic carbocycles. The zero-order chi connectivity index (χ0) is 12.0. The number of ether oxygens (including phenoxy) is 1. The molecule has 0 aliphatic rings. The van der Waals surface area contributed by atoms with Gasteiger partial charge in [0.2, 0.25) is 4.38 Å². The molecular formula is C12H15FOS2. The second-order valence-electron chi connectivity index (χ2n) is 3.80. The van der Waals surface area contributed by atoms with Crippen molar-refractivity contribution in [2.45, 2.75) is 19.4 Å². The molecule has 1 aromatic carbocycles. The molecule has 0 heterocycles. The van der Waals surface area contributed by atoms with E-state index in [2.05, 4.69) is 0 Å². The summed E-state index contributed by atoms with van der Waals surface area (Å²) < 4.78 is 19.2. The number of hydrogen-bond acceptors (Lipinski definition) is 3. The lowest BCUT2D eigenvalue weighted by molar-refractivity contribution is 0.272. The molecule has 1 atom stereocenters. The average molecular weight is 258 g/mol. The maximum atomic E-state index is 13.7. The van der Waals surface area contributed by atoms with E-state index in [9.17, 15) is 4.39 Å². The Morgan fingerprint density at radius 3 is 2.56 bits per heavy atom. The highest BCUT2D eigenvalue weighted by Gasteiger charge is 2.13. The third-order valence-corrected chi connectivity index (χ3v) is 2.99. The Labute approximate surface area is 105 Å². The van der Waals surface area contributed by atoms with Gasteiger partial charge in [-0.2, -0.15) is 0 Å². The fraction of sp³-hybridized carbons (Fsp3) is 0.417. The molecule has 0 spiro atoms. The SMILES string of the molecule is CC(C)COC(=S)SC(F)c1ccccc1. The first-order valence-electron chi connectivity index (χ1n) is 5.12. The van der Waals surface area contributed by atoms with Crippen molar-refractivity contribution >= 4 is 28.4 Å². The number of thiocarbonyl (C=S) groups is 1. The molecular weight excluding hydrogens is 243 g/mol. The van der Waals surface area contributed by atoms with Gasteiger partial charge in [0.15, 0.2) is 5.50 Å². The van der Waals surface area contributed by atoms with Crippen LogP contribution in [-0.2, 0) is 4.74 Å². The third kappa shape index (κ3) is 4.94. The Morgan fingerprint density at radius 1 is 1.38 bits per heavy atom. The van der Waals surface area contributed by atoms with Crippen LogP contribution in [0.15, 0.2) is 30.3 Å². The maximum absolute atomic E-state index is 13.7. The molecule has 0 amide bonds. The van der Waals surface area contributed by atoms with Crippen LogP contribution in [0.25, 0.3) is 0 Å². The van der Waals surface area contributed by atoms with Crippen molar-refractivity contribution in [1.29, 1.82) is 0 Å². The minimum absolute atomic E-state index is 0.269. The van der Waals surface area contributed by atoms with Crippen molar-refractivity contribution in [1.82, 2.24) is 0 Å². The van der Waals surface area contributed by atoms with Gasteiger partial charge < -0.3 is 4.74 Å². The summed E-state index contributed by atoms with van der Waals surface area (Å²) in [4.78, 5) is 0. The Balaban J connectivity index is 2.40. The number of hydrogen-bond donors (Lipinski definition) is 0. The highest BCUT2D eigenvalue weighted by molar-refractivity contribution is 8.22. The van der Waals surface area contributed by atoms with Crippen molar-refractivity contribution in [2.75, 3.05) is 6.61 Å². The van der Waals surface area contributed by atoms with Crippen molar-refractivity contribution in [3.8, 4) is 0 Å². The van der Waals surface area contributed by atoms with Gasteiger partial charge in [-0.1, -0.05) is 44.2 Å².